The molecule has 7 nitrogen and oxygen atoms in total. The van der Waals surface area contributed by atoms with Gasteiger partial charge in [-0.3, -0.25) is 14.3 Å². The van der Waals surface area contributed by atoms with Crippen molar-refractivity contribution in [1.82, 2.24) is 24.7 Å². The van der Waals surface area contributed by atoms with E-state index >= 15 is 0 Å². The minimum Gasteiger partial charge on any atom is -0.288 e. The summed E-state index contributed by atoms with van der Waals surface area (Å²) in [7, 11) is 1.38. The number of hydrogen-bond acceptors (Lipinski definition) is 6. The van der Waals surface area contributed by atoms with Gasteiger partial charge in [0.05, 0.1) is 4.88 Å². The van der Waals surface area contributed by atoms with Crippen LogP contribution in [0, 0.1) is 0 Å². The average molecular weight is 261 g/mol. The summed E-state index contributed by atoms with van der Waals surface area (Å²) in [4.78, 5) is 30.7. The summed E-state index contributed by atoms with van der Waals surface area (Å²) in [6, 6.07) is 3.70. The first kappa shape index (κ1) is 10.8. The van der Waals surface area contributed by atoms with Crippen LogP contribution in [-0.2, 0) is 7.05 Å². The lowest BCUT2D eigenvalue weighted by Gasteiger charge is -2.00. The van der Waals surface area contributed by atoms with Crippen molar-refractivity contribution in [3.63, 3.8) is 0 Å². The Hall–Kier alpha value is -2.35. The van der Waals surface area contributed by atoms with Crippen LogP contribution >= 0.6 is 11.3 Å². The maximum atomic E-state index is 11.9. The molecule has 0 radical (unpaired) electrons. The van der Waals surface area contributed by atoms with Crippen LogP contribution in [0.4, 0.5) is 0 Å². The third-order valence-corrected chi connectivity index (χ3v) is 3.33. The summed E-state index contributed by atoms with van der Waals surface area (Å²) >= 11 is 1.45. The van der Waals surface area contributed by atoms with Crippen molar-refractivity contribution in [3.05, 3.63) is 38.4 Å². The summed E-state index contributed by atoms with van der Waals surface area (Å²) < 4.78 is 0.954. The zero-order valence-corrected chi connectivity index (χ0v) is 10.1. The monoisotopic (exact) mass is 261 g/mol. The Morgan fingerprint density at radius 2 is 2.17 bits per heavy atom. The molecule has 3 rings (SSSR count). The maximum absolute atomic E-state index is 11.9. The molecule has 8 heteroatoms. The van der Waals surface area contributed by atoms with Crippen molar-refractivity contribution in [2.24, 2.45) is 7.05 Å². The van der Waals surface area contributed by atoms with Gasteiger partial charge in [0.15, 0.2) is 17.0 Å². The molecular weight excluding hydrogens is 254 g/mol. The maximum Gasteiger partial charge on any atom is 0.329 e. The average Bonchev–Trinajstić information content (AvgIpc) is 2.90. The van der Waals surface area contributed by atoms with Gasteiger partial charge in [-0.15, -0.1) is 21.5 Å². The Bertz CT molecular complexity index is 834. The van der Waals surface area contributed by atoms with E-state index in [9.17, 15) is 9.59 Å². The van der Waals surface area contributed by atoms with Crippen LogP contribution in [0.5, 0.6) is 0 Å². The van der Waals surface area contributed by atoms with E-state index in [1.54, 1.807) is 0 Å². The standard InChI is InChI=1S/C10H7N5O2S/c1-15-9(16)6-8(12-10(15)17)14-13-7(11-6)5-3-2-4-18-5/h2-4H,1H3,(H,12,14,17). The zero-order valence-electron chi connectivity index (χ0n) is 9.25. The Balaban J connectivity index is 2.37. The fourth-order valence-corrected chi connectivity index (χ4v) is 2.16. The first-order valence-corrected chi connectivity index (χ1v) is 5.92. The van der Waals surface area contributed by atoms with Crippen LogP contribution in [0.25, 0.3) is 21.9 Å². The highest BCUT2D eigenvalue weighted by Crippen LogP contribution is 2.20. The number of hydrogen-bond donors (Lipinski definition) is 1. The first-order chi connectivity index (χ1) is 8.66. The van der Waals surface area contributed by atoms with Crippen LogP contribution in [0.2, 0.25) is 0 Å². The van der Waals surface area contributed by atoms with Gasteiger partial charge in [0.2, 0.25) is 0 Å². The lowest BCUT2D eigenvalue weighted by molar-refractivity contribution is 0.781. The molecule has 18 heavy (non-hydrogen) atoms. The number of nitrogens with zero attached hydrogens (tertiary/aromatic N) is 4. The van der Waals surface area contributed by atoms with Crippen molar-refractivity contribution < 1.29 is 0 Å². The Morgan fingerprint density at radius 1 is 1.33 bits per heavy atom. The van der Waals surface area contributed by atoms with E-state index in [0.29, 0.717) is 5.82 Å². The molecule has 0 fully saturated rings. The predicted octanol–water partition coefficient (Wildman–Crippen LogP) is 0.140. The minimum absolute atomic E-state index is 0.100. The van der Waals surface area contributed by atoms with Crippen molar-refractivity contribution >= 4 is 22.5 Å². The molecule has 0 atom stereocenters. The summed E-state index contributed by atoms with van der Waals surface area (Å²) in [5, 5.41) is 9.60. The first-order valence-electron chi connectivity index (χ1n) is 5.04. The molecule has 90 valence electrons. The lowest BCUT2D eigenvalue weighted by atomic mass is 10.4. The number of H-pyrrole nitrogens is 1. The van der Waals surface area contributed by atoms with Crippen LogP contribution < -0.4 is 11.2 Å². The van der Waals surface area contributed by atoms with E-state index in [4.69, 9.17) is 0 Å². The van der Waals surface area contributed by atoms with Crippen molar-refractivity contribution in [2.75, 3.05) is 0 Å². The molecule has 0 spiro atoms. The minimum atomic E-state index is -0.535. The Kier molecular flexibility index (Phi) is 2.30. The summed E-state index contributed by atoms with van der Waals surface area (Å²) in [6.45, 7) is 0. The van der Waals surface area contributed by atoms with Crippen molar-refractivity contribution in [2.45, 2.75) is 0 Å². The van der Waals surface area contributed by atoms with Gasteiger partial charge in [0, 0.05) is 7.05 Å². The van der Waals surface area contributed by atoms with E-state index in [0.717, 1.165) is 9.44 Å². The van der Waals surface area contributed by atoms with Crippen LogP contribution in [0.15, 0.2) is 27.1 Å². The molecule has 0 aromatic carbocycles. The Morgan fingerprint density at radius 3 is 2.89 bits per heavy atom. The molecule has 0 aliphatic carbocycles. The molecule has 0 aliphatic rings. The summed E-state index contributed by atoms with van der Waals surface area (Å²) in [6.07, 6.45) is 0. The molecule has 0 amide bonds. The fraction of sp³-hybridized carbons (Fsp3) is 0.100. The third kappa shape index (κ3) is 1.54. The molecule has 0 saturated carbocycles. The van der Waals surface area contributed by atoms with Gasteiger partial charge in [0.1, 0.15) is 0 Å². The number of aromatic amines is 1. The molecule has 0 saturated heterocycles. The molecule has 3 aromatic rings. The normalized spacial score (nSPS) is 10.9. The van der Waals surface area contributed by atoms with Gasteiger partial charge >= 0.3 is 5.69 Å². The van der Waals surface area contributed by atoms with Gasteiger partial charge in [0.25, 0.3) is 5.56 Å². The quantitative estimate of drug-likeness (QED) is 0.672. The highest BCUT2D eigenvalue weighted by Gasteiger charge is 2.10. The number of aromatic nitrogens is 5. The van der Waals surface area contributed by atoms with Gasteiger partial charge in [-0.25, -0.2) is 9.78 Å². The molecule has 0 aliphatic heterocycles. The van der Waals surface area contributed by atoms with E-state index in [1.807, 2.05) is 17.5 Å². The van der Waals surface area contributed by atoms with Gasteiger partial charge < -0.3 is 0 Å². The zero-order chi connectivity index (χ0) is 12.7. The number of nitrogens with one attached hydrogen (secondary N) is 1. The smallest absolute Gasteiger partial charge is 0.288 e. The largest absolute Gasteiger partial charge is 0.329 e. The lowest BCUT2D eigenvalue weighted by Crippen LogP contribution is -2.33. The number of fused-ring (bicyclic) bond motifs is 1. The van der Waals surface area contributed by atoms with E-state index in [1.165, 1.54) is 18.4 Å². The highest BCUT2D eigenvalue weighted by molar-refractivity contribution is 7.13. The van der Waals surface area contributed by atoms with Crippen LogP contribution in [-0.4, -0.2) is 24.7 Å². The predicted molar refractivity (Wildman–Crippen MR) is 66.5 cm³/mol. The van der Waals surface area contributed by atoms with Crippen molar-refractivity contribution in [1.29, 1.82) is 0 Å². The number of thiophene rings is 1. The molecular formula is C10H7N5O2S. The highest BCUT2D eigenvalue weighted by atomic mass is 32.1. The second kappa shape index (κ2) is 3.84. The summed E-state index contributed by atoms with van der Waals surface area (Å²) in [5.74, 6) is 0.377. The van der Waals surface area contributed by atoms with E-state index in [-0.39, 0.29) is 11.2 Å². The molecule has 0 bridgehead atoms. The second-order valence-electron chi connectivity index (χ2n) is 3.60. The topological polar surface area (TPSA) is 93.5 Å². The van der Waals surface area contributed by atoms with Gasteiger partial charge in [-0.1, -0.05) is 6.07 Å². The molecule has 3 heterocycles. The molecule has 1 N–H and O–H groups in total. The number of rotatable bonds is 1. The van der Waals surface area contributed by atoms with E-state index in [2.05, 4.69) is 20.2 Å². The second-order valence-corrected chi connectivity index (χ2v) is 4.55. The third-order valence-electron chi connectivity index (χ3n) is 2.47. The van der Waals surface area contributed by atoms with Gasteiger partial charge in [-0.2, -0.15) is 0 Å². The van der Waals surface area contributed by atoms with Crippen LogP contribution in [0.3, 0.4) is 0 Å². The van der Waals surface area contributed by atoms with Crippen molar-refractivity contribution in [3.8, 4) is 10.7 Å². The molecule has 0 unspecified atom stereocenters. The van der Waals surface area contributed by atoms with E-state index < -0.39 is 11.2 Å². The van der Waals surface area contributed by atoms with Gasteiger partial charge in [-0.05, 0) is 11.4 Å². The SMILES string of the molecule is Cn1c(=O)[nH]c2nnc(-c3cccs3)nc2c1=O. The molecule has 3 aromatic heterocycles. The fourth-order valence-electron chi connectivity index (χ4n) is 1.51. The Labute approximate surface area is 104 Å². The van der Waals surface area contributed by atoms with Crippen LogP contribution in [0.1, 0.15) is 0 Å². The summed E-state index contributed by atoms with van der Waals surface area (Å²) in [5.41, 5.74) is -0.812.